The quantitative estimate of drug-likeness (QED) is 0.448. The minimum absolute atomic E-state index is 0.248. The van der Waals surface area contributed by atoms with Gasteiger partial charge in [-0.3, -0.25) is 4.90 Å². The van der Waals surface area contributed by atoms with E-state index in [2.05, 4.69) is 10.3 Å². The van der Waals surface area contributed by atoms with Crippen molar-refractivity contribution >= 4 is 29.2 Å². The van der Waals surface area contributed by atoms with Gasteiger partial charge in [0.05, 0.1) is 5.02 Å². The molecule has 0 radical (unpaired) electrons. The molecule has 1 aliphatic heterocycles. The molecule has 9 heteroatoms. The number of carbonyl (C=O) groups is 1. The highest BCUT2D eigenvalue weighted by Gasteiger charge is 2.28. The number of aromatic nitrogens is 1. The molecule has 2 aliphatic rings. The molecule has 1 saturated carbocycles. The van der Waals surface area contributed by atoms with E-state index in [1.54, 1.807) is 23.1 Å². The van der Waals surface area contributed by atoms with E-state index in [0.29, 0.717) is 47.4 Å². The molecule has 2 aromatic rings. The second-order valence-electron chi connectivity index (χ2n) is 11.1. The first-order chi connectivity index (χ1) is 17.6. The standard InChI is InChI=1S/C28H38ClFN4O3/c1-28(2,3)37-27(35)34(17-18-10-12-36-13-11-18)21-8-9-25(30)23(14-21)22-15-26(32-16-24(22)29)33-20-6-4-19(31)5-7-20/h8-9,14-16,18-20H,4-7,10-13,17,31H2,1-3H3,(H,32,33)/t19-,20-. The summed E-state index contributed by atoms with van der Waals surface area (Å²) in [5, 5.41) is 3.78. The number of ether oxygens (including phenoxy) is 2. The monoisotopic (exact) mass is 532 g/mol. The van der Waals surface area contributed by atoms with Crippen LogP contribution in [0.1, 0.15) is 59.3 Å². The van der Waals surface area contributed by atoms with Gasteiger partial charge in [-0.05, 0) is 89.5 Å². The van der Waals surface area contributed by atoms with Crippen molar-refractivity contribution in [2.75, 3.05) is 30.0 Å². The van der Waals surface area contributed by atoms with Crippen LogP contribution in [0.15, 0.2) is 30.5 Å². The van der Waals surface area contributed by atoms with Crippen LogP contribution in [0.3, 0.4) is 0 Å². The maximum absolute atomic E-state index is 15.2. The topological polar surface area (TPSA) is 89.7 Å². The Hall–Kier alpha value is -2.42. The van der Waals surface area contributed by atoms with Crippen LogP contribution in [0.5, 0.6) is 0 Å². The van der Waals surface area contributed by atoms with E-state index in [4.69, 9.17) is 26.8 Å². The molecule has 0 unspecified atom stereocenters. The predicted molar refractivity (Wildman–Crippen MR) is 146 cm³/mol. The van der Waals surface area contributed by atoms with Crippen LogP contribution in [0, 0.1) is 11.7 Å². The molecule has 0 atom stereocenters. The first-order valence-electron chi connectivity index (χ1n) is 13.1. The molecule has 7 nitrogen and oxygen atoms in total. The Labute approximate surface area is 223 Å². The molecule has 202 valence electrons. The molecule has 4 rings (SSSR count). The summed E-state index contributed by atoms with van der Waals surface area (Å²) in [5.74, 6) is 0.469. The summed E-state index contributed by atoms with van der Waals surface area (Å²) in [6.45, 7) is 7.29. The Kier molecular flexibility index (Phi) is 8.93. The summed E-state index contributed by atoms with van der Waals surface area (Å²) in [4.78, 5) is 19.3. The van der Waals surface area contributed by atoms with Crippen LogP contribution < -0.4 is 16.0 Å². The zero-order valence-corrected chi connectivity index (χ0v) is 22.7. The molecule has 37 heavy (non-hydrogen) atoms. The minimum Gasteiger partial charge on any atom is -0.443 e. The van der Waals surface area contributed by atoms with Gasteiger partial charge in [-0.15, -0.1) is 0 Å². The maximum atomic E-state index is 15.2. The summed E-state index contributed by atoms with van der Waals surface area (Å²) < 4.78 is 26.4. The van der Waals surface area contributed by atoms with Crippen molar-refractivity contribution in [1.82, 2.24) is 4.98 Å². The smallest absolute Gasteiger partial charge is 0.414 e. The van der Waals surface area contributed by atoms with Crippen molar-refractivity contribution in [3.63, 3.8) is 0 Å². The number of hydrogen-bond acceptors (Lipinski definition) is 6. The number of carbonyl (C=O) groups excluding carboxylic acids is 1. The van der Waals surface area contributed by atoms with Crippen LogP contribution in [0.25, 0.3) is 11.1 Å². The highest BCUT2D eigenvalue weighted by atomic mass is 35.5. The van der Waals surface area contributed by atoms with E-state index in [0.717, 1.165) is 38.5 Å². The molecule has 1 saturated heterocycles. The minimum atomic E-state index is -0.661. The van der Waals surface area contributed by atoms with Crippen LogP contribution in [0.2, 0.25) is 5.02 Å². The van der Waals surface area contributed by atoms with E-state index < -0.39 is 17.5 Å². The number of nitrogens with zero attached hydrogens (tertiary/aromatic N) is 2. The Balaban J connectivity index is 1.63. The second-order valence-corrected chi connectivity index (χ2v) is 11.5. The van der Waals surface area contributed by atoms with Gasteiger partial charge in [-0.1, -0.05) is 11.6 Å². The van der Waals surface area contributed by atoms with Gasteiger partial charge in [0.15, 0.2) is 0 Å². The Morgan fingerprint density at radius 1 is 1.16 bits per heavy atom. The zero-order chi connectivity index (χ0) is 26.6. The summed E-state index contributed by atoms with van der Waals surface area (Å²) >= 11 is 6.51. The van der Waals surface area contributed by atoms with Gasteiger partial charge in [0.25, 0.3) is 0 Å². The van der Waals surface area contributed by atoms with E-state index in [1.165, 1.54) is 12.3 Å². The SMILES string of the molecule is CC(C)(C)OC(=O)N(CC1CCOCC1)c1ccc(F)c(-c2cc(N[C@H]3CC[C@H](N)CC3)ncc2Cl)c1. The van der Waals surface area contributed by atoms with Crippen molar-refractivity contribution < 1.29 is 18.7 Å². The van der Waals surface area contributed by atoms with Gasteiger partial charge >= 0.3 is 6.09 Å². The summed E-state index contributed by atoms with van der Waals surface area (Å²) in [7, 11) is 0. The molecule has 1 aliphatic carbocycles. The van der Waals surface area contributed by atoms with Crippen LogP contribution >= 0.6 is 11.6 Å². The summed E-state index contributed by atoms with van der Waals surface area (Å²) in [5.41, 5.74) is 6.75. The third kappa shape index (κ3) is 7.55. The first-order valence-corrected chi connectivity index (χ1v) is 13.5. The average molecular weight is 533 g/mol. The Morgan fingerprint density at radius 3 is 2.54 bits per heavy atom. The molecule has 0 spiro atoms. The Morgan fingerprint density at radius 2 is 1.86 bits per heavy atom. The van der Waals surface area contributed by atoms with E-state index in [9.17, 15) is 4.79 Å². The van der Waals surface area contributed by atoms with Crippen LogP contribution in [-0.2, 0) is 9.47 Å². The normalized spacial score (nSPS) is 20.9. The van der Waals surface area contributed by atoms with Gasteiger partial charge in [0.1, 0.15) is 17.2 Å². The van der Waals surface area contributed by atoms with E-state index in [-0.39, 0.29) is 18.0 Å². The molecule has 2 fully saturated rings. The number of rotatable bonds is 6. The highest BCUT2D eigenvalue weighted by molar-refractivity contribution is 6.33. The number of anilines is 2. The van der Waals surface area contributed by atoms with Gasteiger partial charge in [-0.2, -0.15) is 0 Å². The maximum Gasteiger partial charge on any atom is 0.414 e. The third-order valence-corrected chi connectivity index (χ3v) is 7.23. The van der Waals surface area contributed by atoms with Crippen LogP contribution in [-0.4, -0.2) is 48.5 Å². The number of nitrogens with one attached hydrogen (secondary N) is 1. The van der Waals surface area contributed by atoms with Gasteiger partial charge < -0.3 is 20.5 Å². The van der Waals surface area contributed by atoms with Gasteiger partial charge in [-0.25, -0.2) is 14.2 Å². The summed E-state index contributed by atoms with van der Waals surface area (Å²) in [6, 6.07) is 6.94. The van der Waals surface area contributed by atoms with Crippen molar-refractivity contribution in [1.29, 1.82) is 0 Å². The first kappa shape index (κ1) is 27.6. The molecule has 0 bridgehead atoms. The average Bonchev–Trinajstić information content (AvgIpc) is 2.85. The van der Waals surface area contributed by atoms with Gasteiger partial charge in [0, 0.05) is 54.9 Å². The highest BCUT2D eigenvalue weighted by Crippen LogP contribution is 2.35. The fourth-order valence-corrected chi connectivity index (χ4v) is 5.08. The lowest BCUT2D eigenvalue weighted by atomic mass is 9.92. The second kappa shape index (κ2) is 12.0. The molecule has 1 amide bonds. The van der Waals surface area contributed by atoms with Crippen molar-refractivity contribution in [2.24, 2.45) is 11.7 Å². The van der Waals surface area contributed by atoms with Gasteiger partial charge in [0.2, 0.25) is 0 Å². The molecule has 3 N–H and O–H groups in total. The number of benzene rings is 1. The fourth-order valence-electron chi connectivity index (χ4n) is 4.87. The number of halogens is 2. The molecule has 1 aromatic carbocycles. The van der Waals surface area contributed by atoms with Crippen molar-refractivity contribution in [2.45, 2.75) is 77.0 Å². The number of nitrogens with two attached hydrogens (primary N) is 1. The number of pyridine rings is 1. The third-order valence-electron chi connectivity index (χ3n) is 6.93. The van der Waals surface area contributed by atoms with E-state index in [1.807, 2.05) is 20.8 Å². The fraction of sp³-hybridized carbons (Fsp3) is 0.571. The zero-order valence-electron chi connectivity index (χ0n) is 21.9. The summed E-state index contributed by atoms with van der Waals surface area (Å²) in [6.07, 6.45) is 6.62. The molecule has 1 aromatic heterocycles. The van der Waals surface area contributed by atoms with Crippen LogP contribution in [0.4, 0.5) is 20.7 Å². The van der Waals surface area contributed by atoms with Crippen molar-refractivity contribution in [3.8, 4) is 11.1 Å². The molecule has 2 heterocycles. The lowest BCUT2D eigenvalue weighted by Gasteiger charge is -2.32. The molecular weight excluding hydrogens is 495 g/mol. The predicted octanol–water partition coefficient (Wildman–Crippen LogP) is 6.39. The number of amides is 1. The number of hydrogen-bond donors (Lipinski definition) is 2. The molecular formula is C28H38ClFN4O3. The largest absolute Gasteiger partial charge is 0.443 e. The lowest BCUT2D eigenvalue weighted by Crippen LogP contribution is -2.40. The van der Waals surface area contributed by atoms with Crippen molar-refractivity contribution in [3.05, 3.63) is 41.3 Å². The van der Waals surface area contributed by atoms with E-state index >= 15 is 4.39 Å². The lowest BCUT2D eigenvalue weighted by molar-refractivity contribution is 0.0515. The Bertz CT molecular complexity index is 1080.